The third-order valence-corrected chi connectivity index (χ3v) is 7.62. The molecule has 0 N–H and O–H groups in total. The summed E-state index contributed by atoms with van der Waals surface area (Å²) in [6.07, 6.45) is 12.9. The zero-order valence-corrected chi connectivity index (χ0v) is 17.9. The fourth-order valence-corrected chi connectivity index (χ4v) is 5.67. The molecule has 0 aromatic carbocycles. The largest absolute Gasteiger partial charge is 0.375 e. The van der Waals surface area contributed by atoms with Gasteiger partial charge in [-0.1, -0.05) is 25.7 Å². The van der Waals surface area contributed by atoms with Gasteiger partial charge in [0.15, 0.2) is 0 Å². The van der Waals surface area contributed by atoms with E-state index in [9.17, 15) is 9.59 Å². The first-order chi connectivity index (χ1) is 14.1. The van der Waals surface area contributed by atoms with E-state index in [1.807, 2.05) is 9.80 Å². The number of likely N-dealkylation sites (tertiary alicyclic amines) is 2. The molecule has 0 radical (unpaired) electrons. The molecule has 1 saturated carbocycles. The maximum atomic E-state index is 12.6. The molecule has 1 aliphatic carbocycles. The minimum atomic E-state index is -0.165. The number of carbonyl (C=O) groups is 2. The Balaban J connectivity index is 1.19. The zero-order valence-electron chi connectivity index (χ0n) is 17.9. The van der Waals surface area contributed by atoms with Crippen molar-refractivity contribution in [2.24, 2.45) is 5.92 Å². The molecule has 3 aliphatic heterocycles. The number of carbonyl (C=O) groups excluding carboxylic acids is 2. The van der Waals surface area contributed by atoms with Crippen molar-refractivity contribution in [3.8, 4) is 0 Å². The molecule has 2 amide bonds. The van der Waals surface area contributed by atoms with Gasteiger partial charge in [-0.3, -0.25) is 9.59 Å². The topological polar surface area (TPSA) is 59.1 Å². The standard InChI is InChI=1S/C23H38N2O4/c26-21(8-7-19-5-1-2-6-19)25-14-10-23(11-15-25)17-20(9-16-29-23)28-18-22(27)24-12-3-4-13-24/h19-20H,1-18H2. The van der Waals surface area contributed by atoms with Gasteiger partial charge in [0.25, 0.3) is 0 Å². The van der Waals surface area contributed by atoms with E-state index in [-0.39, 0.29) is 24.2 Å². The van der Waals surface area contributed by atoms with Crippen LogP contribution in [0.2, 0.25) is 0 Å². The third kappa shape index (κ3) is 5.52. The van der Waals surface area contributed by atoms with E-state index >= 15 is 0 Å². The van der Waals surface area contributed by atoms with E-state index in [1.54, 1.807) is 0 Å². The summed E-state index contributed by atoms with van der Waals surface area (Å²) in [6.45, 7) is 4.24. The predicted octanol–water partition coefficient (Wildman–Crippen LogP) is 3.14. The van der Waals surface area contributed by atoms with Gasteiger partial charge in [0.2, 0.25) is 11.8 Å². The van der Waals surface area contributed by atoms with Crippen LogP contribution in [0.5, 0.6) is 0 Å². The lowest BCUT2D eigenvalue weighted by molar-refractivity contribution is -0.166. The Hall–Kier alpha value is -1.14. The Bertz CT molecular complexity index is 561. The van der Waals surface area contributed by atoms with Crippen LogP contribution in [0.4, 0.5) is 0 Å². The minimum Gasteiger partial charge on any atom is -0.375 e. The van der Waals surface area contributed by atoms with Gasteiger partial charge in [-0.25, -0.2) is 0 Å². The average Bonchev–Trinajstić information content (AvgIpc) is 3.45. The number of rotatable bonds is 6. The molecule has 0 bridgehead atoms. The minimum absolute atomic E-state index is 0.0971. The first-order valence-electron chi connectivity index (χ1n) is 11.9. The molecule has 4 aliphatic rings. The van der Waals surface area contributed by atoms with Crippen molar-refractivity contribution < 1.29 is 19.1 Å². The number of hydrogen-bond donors (Lipinski definition) is 0. The van der Waals surface area contributed by atoms with Gasteiger partial charge in [0.1, 0.15) is 6.61 Å². The van der Waals surface area contributed by atoms with Gasteiger partial charge in [0, 0.05) is 45.6 Å². The van der Waals surface area contributed by atoms with Crippen molar-refractivity contribution in [2.75, 3.05) is 39.4 Å². The van der Waals surface area contributed by atoms with Crippen LogP contribution in [0.3, 0.4) is 0 Å². The first-order valence-corrected chi connectivity index (χ1v) is 11.9. The Morgan fingerprint density at radius 2 is 1.59 bits per heavy atom. The summed E-state index contributed by atoms with van der Waals surface area (Å²) < 4.78 is 12.2. The highest BCUT2D eigenvalue weighted by atomic mass is 16.5. The van der Waals surface area contributed by atoms with Crippen LogP contribution in [0, 0.1) is 5.92 Å². The Morgan fingerprint density at radius 1 is 0.897 bits per heavy atom. The van der Waals surface area contributed by atoms with Crippen molar-refractivity contribution in [3.05, 3.63) is 0 Å². The second-order valence-electron chi connectivity index (χ2n) is 9.62. The maximum Gasteiger partial charge on any atom is 0.248 e. The molecule has 6 heteroatoms. The van der Waals surface area contributed by atoms with E-state index in [2.05, 4.69) is 0 Å². The molecule has 3 saturated heterocycles. The van der Waals surface area contributed by atoms with Crippen molar-refractivity contribution >= 4 is 11.8 Å². The monoisotopic (exact) mass is 406 g/mol. The van der Waals surface area contributed by atoms with Crippen molar-refractivity contribution in [2.45, 2.75) is 88.8 Å². The fraction of sp³-hybridized carbons (Fsp3) is 0.913. The summed E-state index contributed by atoms with van der Waals surface area (Å²) in [6, 6.07) is 0. The van der Waals surface area contributed by atoms with Crippen LogP contribution < -0.4 is 0 Å². The van der Waals surface area contributed by atoms with Gasteiger partial charge < -0.3 is 19.3 Å². The van der Waals surface area contributed by atoms with E-state index in [0.717, 1.165) is 77.0 Å². The van der Waals surface area contributed by atoms with Gasteiger partial charge in [-0.2, -0.15) is 0 Å². The highest BCUT2D eigenvalue weighted by molar-refractivity contribution is 5.77. The summed E-state index contributed by atoms with van der Waals surface area (Å²) in [5, 5.41) is 0. The molecular formula is C23H38N2O4. The highest BCUT2D eigenvalue weighted by Crippen LogP contribution is 2.36. The average molecular weight is 407 g/mol. The van der Waals surface area contributed by atoms with Gasteiger partial charge >= 0.3 is 0 Å². The van der Waals surface area contributed by atoms with Crippen LogP contribution in [-0.2, 0) is 19.1 Å². The highest BCUT2D eigenvalue weighted by Gasteiger charge is 2.41. The Kier molecular flexibility index (Phi) is 7.12. The van der Waals surface area contributed by atoms with Crippen molar-refractivity contribution in [1.29, 1.82) is 0 Å². The predicted molar refractivity (Wildman–Crippen MR) is 110 cm³/mol. The number of hydrogen-bond acceptors (Lipinski definition) is 4. The third-order valence-electron chi connectivity index (χ3n) is 7.62. The number of nitrogens with zero attached hydrogens (tertiary/aromatic N) is 2. The SMILES string of the molecule is O=C(CCC1CCCC1)N1CCC2(CC1)CC(OCC(=O)N1CCCC1)CCO2. The molecule has 0 aromatic heterocycles. The lowest BCUT2D eigenvalue weighted by Gasteiger charge is -2.46. The summed E-state index contributed by atoms with van der Waals surface area (Å²) in [7, 11) is 0. The van der Waals surface area contributed by atoms with Gasteiger partial charge in [0.05, 0.1) is 11.7 Å². The molecule has 6 nitrogen and oxygen atoms in total. The Labute approximate surface area is 175 Å². The van der Waals surface area contributed by atoms with Crippen molar-refractivity contribution in [1.82, 2.24) is 9.80 Å². The second kappa shape index (κ2) is 9.78. The van der Waals surface area contributed by atoms with Gasteiger partial charge in [-0.15, -0.1) is 0 Å². The summed E-state index contributed by atoms with van der Waals surface area (Å²) in [5.74, 6) is 1.23. The van der Waals surface area contributed by atoms with Crippen LogP contribution in [0.25, 0.3) is 0 Å². The fourth-order valence-electron chi connectivity index (χ4n) is 5.67. The van der Waals surface area contributed by atoms with Crippen LogP contribution in [0.15, 0.2) is 0 Å². The van der Waals surface area contributed by atoms with Crippen LogP contribution >= 0.6 is 0 Å². The summed E-state index contributed by atoms with van der Waals surface area (Å²) >= 11 is 0. The summed E-state index contributed by atoms with van der Waals surface area (Å²) in [5.41, 5.74) is -0.165. The molecule has 1 unspecified atom stereocenters. The smallest absolute Gasteiger partial charge is 0.248 e. The molecule has 1 atom stereocenters. The second-order valence-corrected chi connectivity index (χ2v) is 9.62. The molecular weight excluding hydrogens is 368 g/mol. The first kappa shape index (κ1) is 21.1. The molecule has 4 fully saturated rings. The van der Waals surface area contributed by atoms with E-state index in [4.69, 9.17) is 9.47 Å². The molecule has 29 heavy (non-hydrogen) atoms. The van der Waals surface area contributed by atoms with E-state index < -0.39 is 0 Å². The number of piperidine rings is 1. The van der Waals surface area contributed by atoms with Crippen molar-refractivity contribution in [3.63, 3.8) is 0 Å². The molecule has 0 aromatic rings. The number of amides is 2. The lowest BCUT2D eigenvalue weighted by Crippen LogP contribution is -2.52. The molecule has 3 heterocycles. The lowest BCUT2D eigenvalue weighted by atomic mass is 9.83. The van der Waals surface area contributed by atoms with Gasteiger partial charge in [-0.05, 0) is 44.4 Å². The Morgan fingerprint density at radius 3 is 2.31 bits per heavy atom. The molecule has 1 spiro atoms. The summed E-state index contributed by atoms with van der Waals surface area (Å²) in [4.78, 5) is 28.8. The normalized spacial score (nSPS) is 27.7. The van der Waals surface area contributed by atoms with E-state index in [1.165, 1.54) is 25.7 Å². The zero-order chi connectivity index (χ0) is 20.1. The van der Waals surface area contributed by atoms with E-state index in [0.29, 0.717) is 18.9 Å². The molecule has 4 rings (SSSR count). The quantitative estimate of drug-likeness (QED) is 0.680. The molecule has 164 valence electrons. The number of ether oxygens (including phenoxy) is 2. The maximum absolute atomic E-state index is 12.6. The van der Waals surface area contributed by atoms with Crippen LogP contribution in [0.1, 0.15) is 77.0 Å². The van der Waals surface area contributed by atoms with Crippen LogP contribution in [-0.4, -0.2) is 72.7 Å².